The molecule has 1 amide bonds. The number of amides is 1. The number of aliphatic hydroxyl groups excluding tert-OH is 1. The molecular weight excluding hydrogens is 206 g/mol. The molecule has 1 aliphatic carbocycles. The van der Waals surface area contributed by atoms with E-state index < -0.39 is 5.54 Å². The van der Waals surface area contributed by atoms with Crippen LogP contribution < -0.4 is 11.1 Å². The zero-order valence-corrected chi connectivity index (χ0v) is 9.16. The summed E-state index contributed by atoms with van der Waals surface area (Å²) in [5, 5.41) is 11.9. The Hall–Kier alpha value is -1.62. The molecule has 2 rings (SSSR count). The van der Waals surface area contributed by atoms with Gasteiger partial charge in [0.15, 0.2) is 0 Å². The Balaban J connectivity index is 2.17. The molecule has 1 aromatic rings. The third-order valence-electron chi connectivity index (χ3n) is 2.89. The van der Waals surface area contributed by atoms with Gasteiger partial charge in [-0.05, 0) is 25.8 Å². The van der Waals surface area contributed by atoms with Crippen LogP contribution in [0.25, 0.3) is 0 Å². The Bertz CT molecular complexity index is 427. The minimum Gasteiger partial charge on any atom is -0.397 e. The van der Waals surface area contributed by atoms with E-state index in [-0.39, 0.29) is 12.5 Å². The van der Waals surface area contributed by atoms with Crippen molar-refractivity contribution >= 4 is 11.6 Å². The lowest BCUT2D eigenvalue weighted by Crippen LogP contribution is -2.40. The van der Waals surface area contributed by atoms with E-state index in [1.54, 1.807) is 13.0 Å². The van der Waals surface area contributed by atoms with Gasteiger partial charge in [-0.3, -0.25) is 9.78 Å². The number of nitrogens with one attached hydrogen (secondary N) is 1. The number of nitrogens with two attached hydrogens (primary N) is 1. The van der Waals surface area contributed by atoms with E-state index in [0.717, 1.165) is 12.8 Å². The maximum Gasteiger partial charge on any atom is 0.253 e. The van der Waals surface area contributed by atoms with Crippen LogP contribution in [0.1, 0.15) is 28.9 Å². The normalized spacial score (nSPS) is 16.9. The topological polar surface area (TPSA) is 88.2 Å². The van der Waals surface area contributed by atoms with Gasteiger partial charge in [0.1, 0.15) is 0 Å². The summed E-state index contributed by atoms with van der Waals surface area (Å²) in [6.07, 6.45) is 3.17. The minimum atomic E-state index is -0.409. The van der Waals surface area contributed by atoms with Gasteiger partial charge < -0.3 is 16.2 Å². The molecule has 1 saturated carbocycles. The minimum absolute atomic E-state index is 0.0203. The third-order valence-corrected chi connectivity index (χ3v) is 2.89. The Morgan fingerprint density at radius 2 is 2.38 bits per heavy atom. The molecule has 5 nitrogen and oxygen atoms in total. The number of anilines is 1. The van der Waals surface area contributed by atoms with Gasteiger partial charge in [-0.25, -0.2) is 0 Å². The quantitative estimate of drug-likeness (QED) is 0.681. The highest BCUT2D eigenvalue weighted by Gasteiger charge is 2.43. The monoisotopic (exact) mass is 221 g/mol. The van der Waals surface area contributed by atoms with Crippen LogP contribution in [0.3, 0.4) is 0 Å². The fraction of sp³-hybridized carbons (Fsp3) is 0.455. The first kappa shape index (κ1) is 10.9. The Labute approximate surface area is 93.7 Å². The molecule has 0 spiro atoms. The van der Waals surface area contributed by atoms with E-state index in [9.17, 15) is 4.79 Å². The maximum absolute atomic E-state index is 11.9. The van der Waals surface area contributed by atoms with Crippen molar-refractivity contribution in [2.24, 2.45) is 0 Å². The molecule has 1 heterocycles. The van der Waals surface area contributed by atoms with Gasteiger partial charge >= 0.3 is 0 Å². The molecule has 5 heteroatoms. The SMILES string of the molecule is Cc1ncc(N)cc1C(=O)NC1(CO)CC1. The van der Waals surface area contributed by atoms with Crippen LogP contribution in [0, 0.1) is 6.92 Å². The third kappa shape index (κ3) is 1.99. The Morgan fingerprint density at radius 1 is 1.69 bits per heavy atom. The lowest BCUT2D eigenvalue weighted by Gasteiger charge is -2.15. The number of aliphatic hydroxyl groups is 1. The van der Waals surface area contributed by atoms with Crippen LogP contribution in [0.4, 0.5) is 5.69 Å². The number of hydrogen-bond acceptors (Lipinski definition) is 4. The van der Waals surface area contributed by atoms with Crippen molar-refractivity contribution in [3.05, 3.63) is 23.5 Å². The Morgan fingerprint density at radius 3 is 2.94 bits per heavy atom. The first-order valence-electron chi connectivity index (χ1n) is 5.22. The molecule has 1 aliphatic rings. The fourth-order valence-corrected chi connectivity index (χ4v) is 1.56. The molecule has 0 radical (unpaired) electrons. The van der Waals surface area contributed by atoms with Gasteiger partial charge in [0.25, 0.3) is 5.91 Å². The van der Waals surface area contributed by atoms with Gasteiger partial charge in [-0.2, -0.15) is 0 Å². The first-order chi connectivity index (χ1) is 7.56. The summed E-state index contributed by atoms with van der Waals surface area (Å²) in [7, 11) is 0. The van der Waals surface area contributed by atoms with Crippen LogP contribution in [0.15, 0.2) is 12.3 Å². The van der Waals surface area contributed by atoms with Gasteiger partial charge in [0.2, 0.25) is 0 Å². The van der Waals surface area contributed by atoms with Gasteiger partial charge in [-0.1, -0.05) is 0 Å². The van der Waals surface area contributed by atoms with Crippen molar-refractivity contribution < 1.29 is 9.90 Å². The highest BCUT2D eigenvalue weighted by molar-refractivity contribution is 5.96. The first-order valence-corrected chi connectivity index (χ1v) is 5.22. The second kappa shape index (κ2) is 3.75. The standard InChI is InChI=1S/C11H15N3O2/c1-7-9(4-8(12)5-13-7)10(16)14-11(6-15)2-3-11/h4-5,15H,2-3,6,12H2,1H3,(H,14,16). The largest absolute Gasteiger partial charge is 0.397 e. The van der Waals surface area contributed by atoms with E-state index in [1.165, 1.54) is 6.20 Å². The lowest BCUT2D eigenvalue weighted by atomic mass is 10.1. The number of pyridine rings is 1. The number of rotatable bonds is 3. The zero-order valence-electron chi connectivity index (χ0n) is 9.16. The van der Waals surface area contributed by atoms with Crippen LogP contribution >= 0.6 is 0 Å². The summed E-state index contributed by atoms with van der Waals surface area (Å²) in [6, 6.07) is 1.60. The number of aromatic nitrogens is 1. The summed E-state index contributed by atoms with van der Waals surface area (Å²) >= 11 is 0. The van der Waals surface area contributed by atoms with Gasteiger partial charge in [-0.15, -0.1) is 0 Å². The molecule has 4 N–H and O–H groups in total. The van der Waals surface area contributed by atoms with Crippen molar-refractivity contribution in [1.29, 1.82) is 0 Å². The number of nitrogens with zero attached hydrogens (tertiary/aromatic N) is 1. The van der Waals surface area contributed by atoms with Crippen molar-refractivity contribution in [3.8, 4) is 0 Å². The predicted octanol–water partition coefficient (Wildman–Crippen LogP) is 0.227. The van der Waals surface area contributed by atoms with Crippen LogP contribution in [-0.2, 0) is 0 Å². The van der Waals surface area contributed by atoms with Gasteiger partial charge in [0.05, 0.1) is 35.3 Å². The average molecular weight is 221 g/mol. The number of carbonyl (C=O) groups excluding carboxylic acids is 1. The number of nitrogen functional groups attached to an aromatic ring is 1. The lowest BCUT2D eigenvalue weighted by molar-refractivity contribution is 0.0906. The van der Waals surface area contributed by atoms with Crippen LogP contribution in [0.5, 0.6) is 0 Å². The van der Waals surface area contributed by atoms with Crippen molar-refractivity contribution in [2.75, 3.05) is 12.3 Å². The zero-order chi connectivity index (χ0) is 11.8. The summed E-state index contributed by atoms with van der Waals surface area (Å²) in [4.78, 5) is 15.9. The van der Waals surface area contributed by atoms with Crippen molar-refractivity contribution in [1.82, 2.24) is 10.3 Å². The molecule has 0 bridgehead atoms. The molecule has 0 aliphatic heterocycles. The predicted molar refractivity (Wildman–Crippen MR) is 59.9 cm³/mol. The van der Waals surface area contributed by atoms with E-state index in [1.807, 2.05) is 0 Å². The summed E-state index contributed by atoms with van der Waals surface area (Å²) in [6.45, 7) is 1.74. The average Bonchev–Trinajstić information content (AvgIpc) is 3.02. The molecule has 0 aromatic carbocycles. The van der Waals surface area contributed by atoms with Crippen LogP contribution in [0.2, 0.25) is 0 Å². The Kier molecular flexibility index (Phi) is 2.55. The molecule has 1 fully saturated rings. The molecule has 0 atom stereocenters. The summed E-state index contributed by atoms with van der Waals surface area (Å²) < 4.78 is 0. The molecule has 0 unspecified atom stereocenters. The maximum atomic E-state index is 11.9. The molecular formula is C11H15N3O2. The number of carbonyl (C=O) groups is 1. The highest BCUT2D eigenvalue weighted by atomic mass is 16.3. The number of aryl methyl sites for hydroxylation is 1. The summed E-state index contributed by atoms with van der Waals surface area (Å²) in [5.74, 6) is -0.219. The molecule has 1 aromatic heterocycles. The summed E-state index contributed by atoms with van der Waals surface area (Å²) in [5.41, 5.74) is 6.75. The molecule has 0 saturated heterocycles. The molecule has 86 valence electrons. The van der Waals surface area contributed by atoms with Gasteiger partial charge in [0, 0.05) is 0 Å². The second-order valence-corrected chi connectivity index (χ2v) is 4.29. The van der Waals surface area contributed by atoms with Crippen molar-refractivity contribution in [2.45, 2.75) is 25.3 Å². The van der Waals surface area contributed by atoms with Crippen molar-refractivity contribution in [3.63, 3.8) is 0 Å². The van der Waals surface area contributed by atoms with E-state index >= 15 is 0 Å². The highest BCUT2D eigenvalue weighted by Crippen LogP contribution is 2.34. The number of hydrogen-bond donors (Lipinski definition) is 3. The van der Waals surface area contributed by atoms with E-state index in [2.05, 4.69) is 10.3 Å². The molecule has 16 heavy (non-hydrogen) atoms. The second-order valence-electron chi connectivity index (χ2n) is 4.29. The van der Waals surface area contributed by atoms with E-state index in [0.29, 0.717) is 16.9 Å². The van der Waals surface area contributed by atoms with E-state index in [4.69, 9.17) is 10.8 Å². The smallest absolute Gasteiger partial charge is 0.253 e. The fourth-order valence-electron chi connectivity index (χ4n) is 1.56. The van der Waals surface area contributed by atoms with Crippen LogP contribution in [-0.4, -0.2) is 28.1 Å².